The molecule has 4 aliphatic heterocycles. The zero-order valence-corrected chi connectivity index (χ0v) is 25.9. The van der Waals surface area contributed by atoms with Gasteiger partial charge in [-0.25, -0.2) is 0 Å². The third-order valence-corrected chi connectivity index (χ3v) is 14.6. The largest absolute Gasteiger partial charge is 0.414 e. The monoisotopic (exact) mass is 580 g/mol. The first-order valence-electron chi connectivity index (χ1n) is 15.5. The van der Waals surface area contributed by atoms with Crippen molar-refractivity contribution >= 4 is 14.1 Å². The lowest BCUT2D eigenvalue weighted by atomic mass is 9.94. The first-order valence-corrected chi connectivity index (χ1v) is 18.4. The van der Waals surface area contributed by atoms with Crippen LogP contribution in [-0.2, 0) is 42.4 Å². The molecule has 9 nitrogen and oxygen atoms in total. The maximum absolute atomic E-state index is 12.7. The van der Waals surface area contributed by atoms with E-state index in [0.717, 1.165) is 51.4 Å². The van der Waals surface area contributed by atoms with Gasteiger partial charge in [-0.1, -0.05) is 33.6 Å². The van der Waals surface area contributed by atoms with Crippen molar-refractivity contribution in [2.24, 2.45) is 0 Å². The van der Waals surface area contributed by atoms with E-state index in [2.05, 4.69) is 33.9 Å². The average Bonchev–Trinajstić information content (AvgIpc) is 3.56. The Bertz CT molecular complexity index is 949. The number of hydrogen-bond donors (Lipinski definition) is 0. The van der Waals surface area contributed by atoms with Crippen molar-refractivity contribution < 1.29 is 42.4 Å². The van der Waals surface area contributed by atoms with Gasteiger partial charge >= 0.3 is 0 Å². The Kier molecular flexibility index (Phi) is 8.15. The summed E-state index contributed by atoms with van der Waals surface area (Å²) >= 11 is 0. The Labute approximate surface area is 239 Å². The normalized spacial score (nSPS) is 39.3. The van der Waals surface area contributed by atoms with E-state index in [0.29, 0.717) is 6.61 Å². The van der Waals surface area contributed by atoms with Crippen LogP contribution >= 0.6 is 0 Å². The van der Waals surface area contributed by atoms with Crippen LogP contribution in [0.5, 0.6) is 0 Å². The molecule has 3 saturated heterocycles. The van der Waals surface area contributed by atoms with Gasteiger partial charge in [0.15, 0.2) is 38.3 Å². The molecule has 0 amide bonds. The van der Waals surface area contributed by atoms with Gasteiger partial charge < -0.3 is 37.6 Å². The summed E-state index contributed by atoms with van der Waals surface area (Å²) in [5, 5.41) is 0.0355. The minimum absolute atomic E-state index is 0.0355. The second-order valence-corrected chi connectivity index (χ2v) is 18.8. The van der Waals surface area contributed by atoms with Gasteiger partial charge in [0.05, 0.1) is 13.2 Å². The summed E-state index contributed by atoms with van der Waals surface area (Å²) in [6, 6.07) is 0. The molecule has 5 fully saturated rings. The first-order chi connectivity index (χ1) is 19.0. The van der Waals surface area contributed by atoms with Crippen LogP contribution in [0.4, 0.5) is 0 Å². The molecule has 2 aliphatic carbocycles. The van der Waals surface area contributed by atoms with E-state index in [9.17, 15) is 4.79 Å². The van der Waals surface area contributed by atoms with Crippen molar-refractivity contribution in [2.75, 3.05) is 13.2 Å². The molecule has 0 unspecified atom stereocenters. The summed E-state index contributed by atoms with van der Waals surface area (Å²) in [4.78, 5) is 12.7. The Morgan fingerprint density at radius 3 is 2.25 bits per heavy atom. The molecule has 6 rings (SSSR count). The van der Waals surface area contributed by atoms with Crippen LogP contribution in [0.15, 0.2) is 12.2 Å². The molecule has 0 bridgehead atoms. The lowest BCUT2D eigenvalue weighted by Crippen LogP contribution is -2.49. The number of hydrogen-bond acceptors (Lipinski definition) is 9. The second kappa shape index (κ2) is 11.1. The molecule has 7 atom stereocenters. The minimum Gasteiger partial charge on any atom is -0.414 e. The van der Waals surface area contributed by atoms with Crippen LogP contribution in [0.3, 0.4) is 0 Å². The van der Waals surface area contributed by atoms with Gasteiger partial charge in [-0.2, -0.15) is 0 Å². The van der Waals surface area contributed by atoms with E-state index < -0.39 is 56.9 Å². The molecule has 226 valence electrons. The SMILES string of the molecule is CC(C)(C)[Si](C)(C)OC[C@@H]1O[C@@H](O[C@@H]2[C@H]3OC4(CCCCC4)O[C@H]3O[C@@H]2[C@@H]2COC3(CCCCC3)O2)C=CC1=O. The predicted octanol–water partition coefficient (Wildman–Crippen LogP) is 5.12. The molecule has 0 N–H and O–H groups in total. The van der Waals surface area contributed by atoms with Crippen molar-refractivity contribution in [3.8, 4) is 0 Å². The lowest BCUT2D eigenvalue weighted by Gasteiger charge is -2.38. The maximum atomic E-state index is 12.7. The van der Waals surface area contributed by atoms with Crippen molar-refractivity contribution in [1.29, 1.82) is 0 Å². The summed E-state index contributed by atoms with van der Waals surface area (Å²) in [6.07, 6.45) is 9.86. The molecule has 40 heavy (non-hydrogen) atoms. The number of ketones is 1. The van der Waals surface area contributed by atoms with Gasteiger partial charge in [-0.3, -0.25) is 4.79 Å². The van der Waals surface area contributed by atoms with Crippen LogP contribution in [0.25, 0.3) is 0 Å². The summed E-state index contributed by atoms with van der Waals surface area (Å²) in [5.74, 6) is -1.25. The topological polar surface area (TPSA) is 90.9 Å². The van der Waals surface area contributed by atoms with Crippen LogP contribution in [0.1, 0.15) is 85.0 Å². The van der Waals surface area contributed by atoms with Gasteiger partial charge in [-0.15, -0.1) is 0 Å². The standard InChI is InChI=1S/C30H48O9Si/c1-28(2,3)40(4,5)33-19-21-20(31)12-13-23(34-21)35-25-24(22-18-32-29(37-22)14-8-6-9-15-29)36-27-26(25)38-30(39-27)16-10-7-11-17-30/h12-13,21-27H,6-11,14-19H2,1-5H3/t21-,22-,23-,24+,25-,26+,27+/m0/s1. The Morgan fingerprint density at radius 1 is 0.900 bits per heavy atom. The van der Waals surface area contributed by atoms with Crippen molar-refractivity contribution in [3.05, 3.63) is 12.2 Å². The number of carbonyl (C=O) groups excluding carboxylic acids is 1. The van der Waals surface area contributed by atoms with Crippen LogP contribution in [0.2, 0.25) is 18.1 Å². The maximum Gasteiger partial charge on any atom is 0.192 e. The zero-order valence-electron chi connectivity index (χ0n) is 24.9. The van der Waals surface area contributed by atoms with Crippen molar-refractivity contribution in [1.82, 2.24) is 0 Å². The van der Waals surface area contributed by atoms with Gasteiger partial charge in [-0.05, 0) is 56.0 Å². The molecular formula is C30H48O9Si. The van der Waals surface area contributed by atoms with E-state index in [1.54, 1.807) is 12.2 Å². The summed E-state index contributed by atoms with van der Waals surface area (Å²) in [5.41, 5.74) is 0. The van der Waals surface area contributed by atoms with Gasteiger partial charge in [0.2, 0.25) is 0 Å². The third kappa shape index (κ3) is 5.77. The summed E-state index contributed by atoms with van der Waals surface area (Å²) in [7, 11) is -2.05. The highest BCUT2D eigenvalue weighted by Crippen LogP contribution is 2.48. The Morgan fingerprint density at radius 2 is 1.57 bits per heavy atom. The van der Waals surface area contributed by atoms with Gasteiger partial charge in [0.1, 0.15) is 30.5 Å². The highest BCUT2D eigenvalue weighted by Gasteiger charge is 2.62. The molecule has 6 aliphatic rings. The molecule has 0 aromatic carbocycles. The lowest BCUT2D eigenvalue weighted by molar-refractivity contribution is -0.274. The van der Waals surface area contributed by atoms with E-state index in [1.807, 2.05) is 0 Å². The molecule has 10 heteroatoms. The van der Waals surface area contributed by atoms with E-state index in [-0.39, 0.29) is 23.5 Å². The zero-order chi connectivity index (χ0) is 28.2. The molecular weight excluding hydrogens is 532 g/mol. The van der Waals surface area contributed by atoms with Crippen LogP contribution < -0.4 is 0 Å². The smallest absolute Gasteiger partial charge is 0.192 e. The number of carbonyl (C=O) groups is 1. The Hall–Kier alpha value is -0.693. The third-order valence-electron chi connectivity index (χ3n) is 10.1. The minimum atomic E-state index is -2.05. The van der Waals surface area contributed by atoms with Crippen molar-refractivity contribution in [3.63, 3.8) is 0 Å². The molecule has 0 radical (unpaired) electrons. The van der Waals surface area contributed by atoms with E-state index >= 15 is 0 Å². The fourth-order valence-electron chi connectivity index (χ4n) is 6.64. The van der Waals surface area contributed by atoms with Gasteiger partial charge in [0.25, 0.3) is 0 Å². The first kappa shape index (κ1) is 29.4. The number of rotatable bonds is 6. The molecule has 2 saturated carbocycles. The predicted molar refractivity (Wildman–Crippen MR) is 148 cm³/mol. The summed E-state index contributed by atoms with van der Waals surface area (Å²) < 4.78 is 51.6. The Balaban J connectivity index is 1.16. The van der Waals surface area contributed by atoms with Crippen molar-refractivity contribution in [2.45, 2.75) is 158 Å². The second-order valence-electron chi connectivity index (χ2n) is 14.0. The highest BCUT2D eigenvalue weighted by molar-refractivity contribution is 6.74. The average molecular weight is 581 g/mol. The van der Waals surface area contributed by atoms with E-state index in [1.165, 1.54) is 12.8 Å². The number of ether oxygens (including phenoxy) is 7. The number of fused-ring (bicyclic) bond motifs is 1. The molecule has 0 aromatic heterocycles. The molecule has 0 aromatic rings. The highest BCUT2D eigenvalue weighted by atomic mass is 28.4. The van der Waals surface area contributed by atoms with Crippen LogP contribution in [0, 0.1) is 0 Å². The quantitative estimate of drug-likeness (QED) is 0.397. The van der Waals surface area contributed by atoms with E-state index in [4.69, 9.17) is 37.6 Å². The fourth-order valence-corrected chi connectivity index (χ4v) is 7.64. The van der Waals surface area contributed by atoms with Crippen LogP contribution in [-0.4, -0.2) is 82.0 Å². The van der Waals surface area contributed by atoms with Gasteiger partial charge in [0, 0.05) is 25.7 Å². The molecule has 4 heterocycles. The molecule has 2 spiro atoms. The summed E-state index contributed by atoms with van der Waals surface area (Å²) in [6.45, 7) is 11.5. The fraction of sp³-hybridized carbons (Fsp3) is 0.900.